The first-order valence-electron chi connectivity index (χ1n) is 4.04. The van der Waals surface area contributed by atoms with Gasteiger partial charge in [-0.2, -0.15) is 0 Å². The summed E-state index contributed by atoms with van der Waals surface area (Å²) in [7, 11) is 0. The highest BCUT2D eigenvalue weighted by Crippen LogP contribution is 2.33. The predicted octanol–water partition coefficient (Wildman–Crippen LogP) is 3.26. The van der Waals surface area contributed by atoms with Crippen LogP contribution < -0.4 is 0 Å². The molecule has 0 fully saturated rings. The topological polar surface area (TPSA) is 20.2 Å². The lowest BCUT2D eigenvalue weighted by Gasteiger charge is -2.20. The van der Waals surface area contributed by atoms with E-state index >= 15 is 0 Å². The number of phenols is 1. The van der Waals surface area contributed by atoms with Crippen molar-refractivity contribution >= 4 is 11.6 Å². The van der Waals surface area contributed by atoms with Crippen LogP contribution in [0.25, 0.3) is 0 Å². The minimum Gasteiger partial charge on any atom is -0.508 e. The van der Waals surface area contributed by atoms with Crippen LogP contribution in [0.3, 0.4) is 0 Å². The molecule has 0 aromatic heterocycles. The normalized spacial score (nSPS) is 15.6. The van der Waals surface area contributed by atoms with Gasteiger partial charge >= 0.3 is 0 Å². The molecule has 1 nitrogen and oxygen atoms in total. The van der Waals surface area contributed by atoms with Crippen molar-refractivity contribution < 1.29 is 5.11 Å². The molecule has 0 amide bonds. The standard InChI is InChI=1S/C10H13ClO/c1-3-10(2,11)8-5-4-6-9(12)7-8/h4-7,12H,3H2,1-2H3. The van der Waals surface area contributed by atoms with E-state index in [0.29, 0.717) is 0 Å². The second-order valence-corrected chi connectivity index (χ2v) is 3.94. The third kappa shape index (κ3) is 1.92. The van der Waals surface area contributed by atoms with Gasteiger partial charge in [-0.05, 0) is 31.0 Å². The van der Waals surface area contributed by atoms with Gasteiger partial charge in [-0.25, -0.2) is 0 Å². The summed E-state index contributed by atoms with van der Waals surface area (Å²) in [6.07, 6.45) is 0.845. The third-order valence-corrected chi connectivity index (χ3v) is 2.60. The third-order valence-electron chi connectivity index (χ3n) is 2.11. The minimum atomic E-state index is -0.362. The Hall–Kier alpha value is -0.690. The molecular formula is C10H13ClO. The molecule has 1 aromatic rings. The molecule has 0 radical (unpaired) electrons. The first-order valence-corrected chi connectivity index (χ1v) is 4.42. The molecule has 0 spiro atoms. The number of benzene rings is 1. The highest BCUT2D eigenvalue weighted by atomic mass is 35.5. The van der Waals surface area contributed by atoms with Gasteiger partial charge in [0.25, 0.3) is 0 Å². The first-order chi connectivity index (χ1) is 5.56. The van der Waals surface area contributed by atoms with Gasteiger partial charge in [0.05, 0.1) is 4.87 Å². The Morgan fingerprint density at radius 2 is 2.17 bits per heavy atom. The number of aromatic hydroxyl groups is 1. The van der Waals surface area contributed by atoms with Crippen molar-refractivity contribution in [2.45, 2.75) is 25.1 Å². The molecule has 2 heteroatoms. The minimum absolute atomic E-state index is 0.271. The largest absolute Gasteiger partial charge is 0.508 e. The van der Waals surface area contributed by atoms with Crippen molar-refractivity contribution in [1.82, 2.24) is 0 Å². The maximum absolute atomic E-state index is 9.21. The van der Waals surface area contributed by atoms with Crippen LogP contribution in [0.1, 0.15) is 25.8 Å². The van der Waals surface area contributed by atoms with Crippen molar-refractivity contribution in [3.8, 4) is 5.75 Å². The SMILES string of the molecule is CCC(C)(Cl)c1cccc(O)c1. The highest BCUT2D eigenvalue weighted by Gasteiger charge is 2.20. The number of phenolic OH excluding ortho intramolecular Hbond substituents is 1. The molecule has 0 saturated heterocycles. The van der Waals surface area contributed by atoms with Crippen LogP contribution >= 0.6 is 11.6 Å². The fraction of sp³-hybridized carbons (Fsp3) is 0.400. The smallest absolute Gasteiger partial charge is 0.115 e. The van der Waals surface area contributed by atoms with Gasteiger partial charge in [0.2, 0.25) is 0 Å². The second kappa shape index (κ2) is 3.36. The average Bonchev–Trinajstić information content (AvgIpc) is 2.05. The summed E-state index contributed by atoms with van der Waals surface area (Å²) in [5, 5.41) is 9.21. The summed E-state index contributed by atoms with van der Waals surface area (Å²) in [6, 6.07) is 7.08. The number of alkyl halides is 1. The van der Waals surface area contributed by atoms with E-state index in [-0.39, 0.29) is 10.6 Å². The molecule has 0 heterocycles. The maximum Gasteiger partial charge on any atom is 0.115 e. The molecule has 0 aliphatic heterocycles. The quantitative estimate of drug-likeness (QED) is 0.700. The van der Waals surface area contributed by atoms with Crippen LogP contribution in [0, 0.1) is 0 Å². The zero-order chi connectivity index (χ0) is 9.19. The summed E-state index contributed by atoms with van der Waals surface area (Å²) in [4.78, 5) is -0.362. The molecule has 1 aromatic carbocycles. The molecular weight excluding hydrogens is 172 g/mol. The molecule has 0 saturated carbocycles. The van der Waals surface area contributed by atoms with Crippen molar-refractivity contribution in [2.24, 2.45) is 0 Å². The molecule has 1 rings (SSSR count). The van der Waals surface area contributed by atoms with Gasteiger partial charge < -0.3 is 5.11 Å². The number of rotatable bonds is 2. The van der Waals surface area contributed by atoms with Crippen LogP contribution in [0.4, 0.5) is 0 Å². The van der Waals surface area contributed by atoms with E-state index in [1.54, 1.807) is 18.2 Å². The first kappa shape index (κ1) is 9.40. The Labute approximate surface area is 78.0 Å². The van der Waals surface area contributed by atoms with Crippen molar-refractivity contribution in [2.75, 3.05) is 0 Å². The van der Waals surface area contributed by atoms with E-state index in [9.17, 15) is 5.11 Å². The molecule has 12 heavy (non-hydrogen) atoms. The predicted molar refractivity (Wildman–Crippen MR) is 51.6 cm³/mol. The molecule has 0 aliphatic rings. The van der Waals surface area contributed by atoms with E-state index in [4.69, 9.17) is 11.6 Å². The Morgan fingerprint density at radius 3 is 2.67 bits per heavy atom. The Kier molecular flexibility index (Phi) is 2.63. The van der Waals surface area contributed by atoms with Crippen LogP contribution in [0.2, 0.25) is 0 Å². The summed E-state index contributed by atoms with van der Waals surface area (Å²) in [6.45, 7) is 3.97. The zero-order valence-electron chi connectivity index (χ0n) is 7.34. The number of halogens is 1. The fourth-order valence-corrected chi connectivity index (χ4v) is 1.15. The van der Waals surface area contributed by atoms with Gasteiger partial charge in [0, 0.05) is 0 Å². The molecule has 0 aliphatic carbocycles. The Bertz CT molecular complexity index is 268. The average molecular weight is 185 g/mol. The lowest BCUT2D eigenvalue weighted by molar-refractivity contribution is 0.473. The molecule has 1 atom stereocenters. The van der Waals surface area contributed by atoms with E-state index < -0.39 is 0 Å². The van der Waals surface area contributed by atoms with Crippen molar-refractivity contribution in [1.29, 1.82) is 0 Å². The van der Waals surface area contributed by atoms with Crippen molar-refractivity contribution in [3.05, 3.63) is 29.8 Å². The summed E-state index contributed by atoms with van der Waals surface area (Å²) >= 11 is 6.21. The van der Waals surface area contributed by atoms with Gasteiger partial charge in [-0.1, -0.05) is 19.1 Å². The lowest BCUT2D eigenvalue weighted by atomic mass is 9.97. The van der Waals surface area contributed by atoms with Gasteiger partial charge in [-0.15, -0.1) is 11.6 Å². The van der Waals surface area contributed by atoms with Gasteiger partial charge in [0.15, 0.2) is 0 Å². The molecule has 1 N–H and O–H groups in total. The van der Waals surface area contributed by atoms with Crippen LogP contribution in [-0.2, 0) is 4.87 Å². The fourth-order valence-electron chi connectivity index (χ4n) is 1.03. The maximum atomic E-state index is 9.21. The lowest BCUT2D eigenvalue weighted by Crippen LogP contribution is -2.11. The Balaban J connectivity index is 3.03. The van der Waals surface area contributed by atoms with E-state index in [1.165, 1.54) is 0 Å². The van der Waals surface area contributed by atoms with Crippen LogP contribution in [0.5, 0.6) is 5.75 Å². The van der Waals surface area contributed by atoms with E-state index in [1.807, 2.05) is 19.9 Å². The molecule has 0 bridgehead atoms. The van der Waals surface area contributed by atoms with E-state index in [2.05, 4.69) is 0 Å². The zero-order valence-corrected chi connectivity index (χ0v) is 8.10. The Morgan fingerprint density at radius 1 is 1.50 bits per heavy atom. The molecule has 1 unspecified atom stereocenters. The molecule has 66 valence electrons. The monoisotopic (exact) mass is 184 g/mol. The van der Waals surface area contributed by atoms with Crippen molar-refractivity contribution in [3.63, 3.8) is 0 Å². The summed E-state index contributed by atoms with van der Waals surface area (Å²) in [5.74, 6) is 0.271. The second-order valence-electron chi connectivity index (χ2n) is 3.10. The number of hydrogen-bond acceptors (Lipinski definition) is 1. The summed E-state index contributed by atoms with van der Waals surface area (Å²) < 4.78 is 0. The van der Waals surface area contributed by atoms with Gasteiger partial charge in [0.1, 0.15) is 5.75 Å². The summed E-state index contributed by atoms with van der Waals surface area (Å²) in [5.41, 5.74) is 0.965. The van der Waals surface area contributed by atoms with Gasteiger partial charge in [-0.3, -0.25) is 0 Å². The van der Waals surface area contributed by atoms with Crippen LogP contribution in [0.15, 0.2) is 24.3 Å². The highest BCUT2D eigenvalue weighted by molar-refractivity contribution is 6.23. The number of hydrogen-bond donors (Lipinski definition) is 1. The van der Waals surface area contributed by atoms with Crippen LogP contribution in [-0.4, -0.2) is 5.11 Å². The van der Waals surface area contributed by atoms with E-state index in [0.717, 1.165) is 12.0 Å².